The van der Waals surface area contributed by atoms with Crippen LogP contribution in [0.25, 0.3) is 33.9 Å². The van der Waals surface area contributed by atoms with Crippen LogP contribution in [0.15, 0.2) is 140 Å². The fourth-order valence-electron chi connectivity index (χ4n) is 5.05. The molecule has 0 aliphatic carbocycles. The molecule has 1 atom stereocenters. The number of hydrogen-bond acceptors (Lipinski definition) is 4. The first-order chi connectivity index (χ1) is 19.2. The Morgan fingerprint density at radius 2 is 1.03 bits per heavy atom. The molecular formula is C34H23N2O2P. The predicted octanol–water partition coefficient (Wildman–Crippen LogP) is 7.22. The fourth-order valence-corrected chi connectivity index (χ4v) is 7.89. The van der Waals surface area contributed by atoms with Crippen molar-refractivity contribution in [3.63, 3.8) is 0 Å². The molecule has 1 aliphatic heterocycles. The van der Waals surface area contributed by atoms with E-state index in [4.69, 9.17) is 14.7 Å². The Kier molecular flexibility index (Phi) is 5.69. The summed E-state index contributed by atoms with van der Waals surface area (Å²) in [6.07, 6.45) is 0. The van der Waals surface area contributed by atoms with E-state index in [0.29, 0.717) is 27.9 Å². The Bertz CT molecular complexity index is 1800. The van der Waals surface area contributed by atoms with E-state index in [1.807, 2.05) is 140 Å². The highest BCUT2D eigenvalue weighted by Gasteiger charge is 2.39. The lowest BCUT2D eigenvalue weighted by molar-refractivity contribution is 0.485. The van der Waals surface area contributed by atoms with E-state index >= 15 is 0 Å². The average Bonchev–Trinajstić information content (AvgIpc) is 3.02. The van der Waals surface area contributed by atoms with Crippen molar-refractivity contribution in [2.45, 2.75) is 0 Å². The zero-order valence-electron chi connectivity index (χ0n) is 20.9. The molecule has 0 bridgehead atoms. The summed E-state index contributed by atoms with van der Waals surface area (Å²) < 4.78 is 21.3. The molecule has 2 heterocycles. The quantitative estimate of drug-likeness (QED) is 0.229. The first kappa shape index (κ1) is 23.3. The summed E-state index contributed by atoms with van der Waals surface area (Å²) in [6.45, 7) is 0. The van der Waals surface area contributed by atoms with Crippen molar-refractivity contribution in [1.29, 1.82) is 0 Å². The van der Waals surface area contributed by atoms with Crippen LogP contribution in [0.1, 0.15) is 0 Å². The van der Waals surface area contributed by atoms with E-state index in [2.05, 4.69) is 0 Å². The van der Waals surface area contributed by atoms with Crippen LogP contribution in [0.2, 0.25) is 0 Å². The van der Waals surface area contributed by atoms with Crippen LogP contribution in [-0.4, -0.2) is 9.97 Å². The second-order valence-electron chi connectivity index (χ2n) is 9.39. The van der Waals surface area contributed by atoms with Gasteiger partial charge < -0.3 is 9.30 Å². The van der Waals surface area contributed by atoms with Crippen LogP contribution in [0.4, 0.5) is 0 Å². The van der Waals surface area contributed by atoms with Gasteiger partial charge in [0, 0.05) is 22.0 Å². The van der Waals surface area contributed by atoms with E-state index in [-0.39, 0.29) is 0 Å². The highest BCUT2D eigenvalue weighted by Crippen LogP contribution is 2.51. The van der Waals surface area contributed by atoms with E-state index in [0.717, 1.165) is 33.4 Å². The van der Waals surface area contributed by atoms with E-state index in [9.17, 15) is 4.57 Å². The van der Waals surface area contributed by atoms with Crippen LogP contribution in [0.5, 0.6) is 11.5 Å². The normalized spacial score (nSPS) is 15.6. The molecule has 186 valence electrons. The number of ether oxygens (including phenoxy) is 1. The molecule has 0 spiro atoms. The van der Waals surface area contributed by atoms with Gasteiger partial charge in [0.1, 0.15) is 11.5 Å². The number of fused-ring (bicyclic) bond motifs is 2. The maximum Gasteiger partial charge on any atom is 0.178 e. The summed E-state index contributed by atoms with van der Waals surface area (Å²) in [5.74, 6) is 1.75. The first-order valence-corrected chi connectivity index (χ1v) is 14.5. The number of para-hydroxylation sites is 1. The summed E-state index contributed by atoms with van der Waals surface area (Å²) in [6, 6.07) is 45.2. The second kappa shape index (κ2) is 9.50. The van der Waals surface area contributed by atoms with Gasteiger partial charge in [-0.2, -0.15) is 0 Å². The third-order valence-electron chi connectivity index (χ3n) is 6.97. The Hall–Kier alpha value is -4.79. The number of aromatic nitrogens is 2. The molecule has 0 saturated carbocycles. The lowest BCUT2D eigenvalue weighted by Crippen LogP contribution is -2.30. The van der Waals surface area contributed by atoms with Crippen LogP contribution < -0.4 is 20.7 Å². The van der Waals surface area contributed by atoms with Gasteiger partial charge in [0.15, 0.2) is 13.0 Å². The summed E-state index contributed by atoms with van der Waals surface area (Å²) in [4.78, 5) is 9.90. The average molecular weight is 523 g/mol. The highest BCUT2D eigenvalue weighted by atomic mass is 31.2. The molecule has 0 saturated heterocycles. The van der Waals surface area contributed by atoms with Gasteiger partial charge in [0.05, 0.1) is 22.0 Å². The number of benzene rings is 5. The van der Waals surface area contributed by atoms with Gasteiger partial charge >= 0.3 is 0 Å². The van der Waals surface area contributed by atoms with Crippen LogP contribution in [-0.2, 0) is 4.57 Å². The Morgan fingerprint density at radius 1 is 0.487 bits per heavy atom. The van der Waals surface area contributed by atoms with Crippen LogP contribution in [0.3, 0.4) is 0 Å². The van der Waals surface area contributed by atoms with Gasteiger partial charge in [-0.1, -0.05) is 109 Å². The van der Waals surface area contributed by atoms with Gasteiger partial charge in [-0.05, 0) is 30.3 Å². The molecule has 6 aromatic rings. The van der Waals surface area contributed by atoms with Gasteiger partial charge in [0.2, 0.25) is 0 Å². The number of hydrogen-bond donors (Lipinski definition) is 0. The van der Waals surface area contributed by atoms with Crippen LogP contribution >= 0.6 is 7.14 Å². The molecule has 4 nitrogen and oxygen atoms in total. The van der Waals surface area contributed by atoms with Crippen molar-refractivity contribution in [3.8, 4) is 45.4 Å². The zero-order valence-corrected chi connectivity index (χ0v) is 21.8. The Labute approximate surface area is 227 Å². The minimum atomic E-state index is -3.14. The minimum absolute atomic E-state index is 0.563. The first-order valence-electron chi connectivity index (χ1n) is 12.8. The Balaban J connectivity index is 1.41. The molecule has 1 unspecified atom stereocenters. The third-order valence-corrected chi connectivity index (χ3v) is 10.1. The van der Waals surface area contributed by atoms with Crippen molar-refractivity contribution < 1.29 is 9.30 Å². The maximum atomic E-state index is 14.9. The molecule has 5 heteroatoms. The Morgan fingerprint density at radius 3 is 1.67 bits per heavy atom. The van der Waals surface area contributed by atoms with Crippen molar-refractivity contribution in [2.24, 2.45) is 0 Å². The van der Waals surface area contributed by atoms with Crippen LogP contribution in [0, 0.1) is 0 Å². The summed E-state index contributed by atoms with van der Waals surface area (Å²) in [7, 11) is -3.14. The van der Waals surface area contributed by atoms with Crippen molar-refractivity contribution in [1.82, 2.24) is 9.97 Å². The molecule has 0 amide bonds. The van der Waals surface area contributed by atoms with Crippen molar-refractivity contribution in [2.75, 3.05) is 0 Å². The molecule has 5 aromatic carbocycles. The molecule has 0 N–H and O–H groups in total. The summed E-state index contributed by atoms with van der Waals surface area (Å²) in [5.41, 5.74) is 4.48. The SMILES string of the molecule is O=P1(c2ccccc2)c2ccccc2Oc2cc(-c3nc(-c4ccccc4)cc(-c4ccccc4)n3)ccc21. The van der Waals surface area contributed by atoms with E-state index in [1.165, 1.54) is 0 Å². The minimum Gasteiger partial charge on any atom is -0.456 e. The topological polar surface area (TPSA) is 52.1 Å². The lowest BCUT2D eigenvalue weighted by atomic mass is 10.1. The third kappa shape index (κ3) is 4.06. The molecule has 39 heavy (non-hydrogen) atoms. The van der Waals surface area contributed by atoms with Gasteiger partial charge in [0.25, 0.3) is 0 Å². The largest absolute Gasteiger partial charge is 0.456 e. The predicted molar refractivity (Wildman–Crippen MR) is 158 cm³/mol. The molecule has 0 fully saturated rings. The molecule has 0 radical (unpaired) electrons. The van der Waals surface area contributed by atoms with Crippen molar-refractivity contribution >= 4 is 23.1 Å². The zero-order chi connectivity index (χ0) is 26.2. The molecular weight excluding hydrogens is 499 g/mol. The highest BCUT2D eigenvalue weighted by molar-refractivity contribution is 7.85. The fraction of sp³-hybridized carbons (Fsp3) is 0. The lowest BCUT2D eigenvalue weighted by Gasteiger charge is -2.29. The van der Waals surface area contributed by atoms with E-state index < -0.39 is 7.14 Å². The van der Waals surface area contributed by atoms with Crippen molar-refractivity contribution in [3.05, 3.63) is 140 Å². The molecule has 1 aliphatic rings. The smallest absolute Gasteiger partial charge is 0.178 e. The summed E-state index contributed by atoms with van der Waals surface area (Å²) in [5, 5.41) is 2.17. The van der Waals surface area contributed by atoms with Gasteiger partial charge in [-0.15, -0.1) is 0 Å². The van der Waals surface area contributed by atoms with Gasteiger partial charge in [-0.3, -0.25) is 0 Å². The maximum absolute atomic E-state index is 14.9. The molecule has 1 aromatic heterocycles. The number of rotatable bonds is 4. The van der Waals surface area contributed by atoms with Gasteiger partial charge in [-0.25, -0.2) is 9.97 Å². The van der Waals surface area contributed by atoms with E-state index in [1.54, 1.807) is 0 Å². The summed E-state index contributed by atoms with van der Waals surface area (Å²) >= 11 is 0. The monoisotopic (exact) mass is 522 g/mol. The standard InChI is InChI=1S/C34H23N2O2P/c37-39(27-16-8-3-9-17-27)32-19-11-10-18-30(32)38-31-22-26(20-21-33(31)39)34-35-28(24-12-4-1-5-13-24)23-29(36-34)25-14-6-2-7-15-25/h1-23H. The second-order valence-corrected chi connectivity index (χ2v) is 12.1. The molecule has 7 rings (SSSR count). The number of nitrogens with zero attached hydrogens (tertiary/aromatic N) is 2.